The fourth-order valence-corrected chi connectivity index (χ4v) is 3.26. The Hall–Kier alpha value is -3.41. The Labute approximate surface area is 163 Å². The molecule has 4 aromatic rings. The molecule has 2 aromatic carbocycles. The molecule has 28 heavy (non-hydrogen) atoms. The minimum Gasteiger partial charge on any atom is -0.348 e. The largest absolute Gasteiger partial charge is 0.348 e. The van der Waals surface area contributed by atoms with Gasteiger partial charge in [0.2, 0.25) is 5.95 Å². The van der Waals surface area contributed by atoms with Gasteiger partial charge in [-0.2, -0.15) is 9.50 Å². The van der Waals surface area contributed by atoms with Crippen molar-refractivity contribution in [2.24, 2.45) is 0 Å². The monoisotopic (exact) mass is 373 g/mol. The van der Waals surface area contributed by atoms with Gasteiger partial charge in [-0.3, -0.25) is 9.89 Å². The predicted molar refractivity (Wildman–Crippen MR) is 112 cm³/mol. The van der Waals surface area contributed by atoms with Crippen LogP contribution in [-0.2, 0) is 6.42 Å². The number of aromatic nitrogens is 4. The molecule has 6 heteroatoms. The van der Waals surface area contributed by atoms with Gasteiger partial charge in [0.15, 0.2) is 0 Å². The molecule has 0 spiro atoms. The maximum atomic E-state index is 12.2. The molecule has 4 rings (SSSR count). The Bertz CT molecular complexity index is 1130. The number of nitrogens with zero attached hydrogens (tertiary/aromatic N) is 3. The number of aryl methyl sites for hydroxylation is 1. The fraction of sp³-hybridized carbons (Fsp3) is 0.227. The van der Waals surface area contributed by atoms with Crippen molar-refractivity contribution in [2.75, 3.05) is 5.32 Å². The van der Waals surface area contributed by atoms with Gasteiger partial charge in [-0.15, -0.1) is 0 Å². The van der Waals surface area contributed by atoms with Gasteiger partial charge < -0.3 is 5.32 Å². The van der Waals surface area contributed by atoms with E-state index in [2.05, 4.69) is 70.6 Å². The van der Waals surface area contributed by atoms with Gasteiger partial charge in [0.25, 0.3) is 11.3 Å². The zero-order chi connectivity index (χ0) is 19.5. The highest BCUT2D eigenvalue weighted by Crippen LogP contribution is 2.23. The quantitative estimate of drug-likeness (QED) is 0.531. The van der Waals surface area contributed by atoms with Crippen LogP contribution in [0.1, 0.15) is 37.6 Å². The molecule has 0 saturated heterocycles. The minimum atomic E-state index is -0.145. The summed E-state index contributed by atoms with van der Waals surface area (Å²) in [4.78, 5) is 21.1. The second-order valence-electron chi connectivity index (χ2n) is 6.90. The molecule has 0 fully saturated rings. The van der Waals surface area contributed by atoms with Crippen LogP contribution in [0.3, 0.4) is 0 Å². The van der Waals surface area contributed by atoms with Crippen LogP contribution in [0.25, 0.3) is 16.9 Å². The van der Waals surface area contributed by atoms with Crippen LogP contribution < -0.4 is 10.9 Å². The Balaban J connectivity index is 1.54. The molecule has 1 atom stereocenters. The lowest BCUT2D eigenvalue weighted by Crippen LogP contribution is -2.16. The minimum absolute atomic E-state index is 0.0243. The molecule has 142 valence electrons. The number of aromatic amines is 1. The van der Waals surface area contributed by atoms with Crippen molar-refractivity contribution >= 4 is 11.7 Å². The molecule has 2 heterocycles. The van der Waals surface area contributed by atoms with Crippen molar-refractivity contribution in [3.63, 3.8) is 0 Å². The number of benzene rings is 2. The molecule has 0 aliphatic heterocycles. The molecule has 2 aromatic heterocycles. The van der Waals surface area contributed by atoms with E-state index in [0.717, 1.165) is 24.1 Å². The zero-order valence-corrected chi connectivity index (χ0v) is 16.0. The smallest absolute Gasteiger partial charge is 0.274 e. The summed E-state index contributed by atoms with van der Waals surface area (Å²) in [6.45, 7) is 4.12. The Kier molecular flexibility index (Phi) is 4.93. The average Bonchev–Trinajstić information content (AvgIpc) is 3.12. The molecular formula is C22H23N5O. The third kappa shape index (κ3) is 3.67. The summed E-state index contributed by atoms with van der Waals surface area (Å²) in [5, 5.41) is 6.31. The lowest BCUT2D eigenvalue weighted by molar-refractivity contribution is 0.826. The first-order valence-corrected chi connectivity index (χ1v) is 9.54. The van der Waals surface area contributed by atoms with Crippen LogP contribution in [0, 0.1) is 0 Å². The first-order valence-electron chi connectivity index (χ1n) is 9.54. The topological polar surface area (TPSA) is 75.1 Å². The molecule has 0 bridgehead atoms. The number of H-pyrrole nitrogens is 1. The zero-order valence-electron chi connectivity index (χ0n) is 16.0. The predicted octanol–water partition coefficient (Wildman–Crippen LogP) is 4.21. The van der Waals surface area contributed by atoms with Crippen molar-refractivity contribution < 1.29 is 0 Å². The first-order chi connectivity index (χ1) is 13.6. The molecule has 0 amide bonds. The van der Waals surface area contributed by atoms with Crippen LogP contribution in [0.5, 0.6) is 0 Å². The van der Waals surface area contributed by atoms with E-state index in [9.17, 15) is 4.79 Å². The van der Waals surface area contributed by atoms with Crippen molar-refractivity contribution in [1.82, 2.24) is 19.6 Å². The standard InChI is InChI=1S/C22H23N5O/c1-3-7-19-14-20(28)27-22(24-19)25-21(26-27)23-15(2)16-10-12-18(13-11-16)17-8-5-4-6-9-17/h4-6,8-15H,3,7H2,1-2H3,(H2,23,24,25,26). The second-order valence-corrected chi connectivity index (χ2v) is 6.90. The number of rotatable bonds is 6. The van der Waals surface area contributed by atoms with Gasteiger partial charge >= 0.3 is 0 Å². The third-order valence-electron chi connectivity index (χ3n) is 4.76. The lowest BCUT2D eigenvalue weighted by Gasteiger charge is -2.13. The fourth-order valence-electron chi connectivity index (χ4n) is 3.26. The van der Waals surface area contributed by atoms with Crippen molar-refractivity contribution in [3.05, 3.63) is 82.3 Å². The normalized spacial score (nSPS) is 12.2. The van der Waals surface area contributed by atoms with Crippen LogP contribution in [0.2, 0.25) is 0 Å². The van der Waals surface area contributed by atoms with Gasteiger partial charge in [-0.25, -0.2) is 4.98 Å². The van der Waals surface area contributed by atoms with E-state index < -0.39 is 0 Å². The second kappa shape index (κ2) is 7.68. The van der Waals surface area contributed by atoms with Gasteiger partial charge in [0.05, 0.1) is 11.7 Å². The lowest BCUT2D eigenvalue weighted by atomic mass is 10.0. The molecule has 0 aliphatic carbocycles. The number of nitrogens with one attached hydrogen (secondary N) is 2. The summed E-state index contributed by atoms with van der Waals surface area (Å²) < 4.78 is 1.37. The molecule has 1 unspecified atom stereocenters. The van der Waals surface area contributed by atoms with E-state index in [1.54, 1.807) is 6.07 Å². The molecule has 0 radical (unpaired) electrons. The molecule has 0 aliphatic rings. The van der Waals surface area contributed by atoms with Gasteiger partial charge in [0.1, 0.15) is 0 Å². The average molecular weight is 373 g/mol. The third-order valence-corrected chi connectivity index (χ3v) is 4.76. The summed E-state index contributed by atoms with van der Waals surface area (Å²) in [6.07, 6.45) is 1.71. The summed E-state index contributed by atoms with van der Waals surface area (Å²) >= 11 is 0. The highest BCUT2D eigenvalue weighted by Gasteiger charge is 2.11. The van der Waals surface area contributed by atoms with E-state index in [0.29, 0.717) is 11.7 Å². The Morgan fingerprint density at radius 3 is 2.46 bits per heavy atom. The number of fused-ring (bicyclic) bond motifs is 1. The van der Waals surface area contributed by atoms with Gasteiger partial charge in [0, 0.05) is 6.07 Å². The van der Waals surface area contributed by atoms with E-state index >= 15 is 0 Å². The van der Waals surface area contributed by atoms with Crippen LogP contribution in [-0.4, -0.2) is 19.6 Å². The highest BCUT2D eigenvalue weighted by atomic mass is 16.1. The summed E-state index contributed by atoms with van der Waals surface area (Å²) in [5.41, 5.74) is 4.14. The summed E-state index contributed by atoms with van der Waals surface area (Å²) in [7, 11) is 0. The van der Waals surface area contributed by atoms with Crippen LogP contribution >= 0.6 is 0 Å². The van der Waals surface area contributed by atoms with Crippen molar-refractivity contribution in [3.8, 4) is 11.1 Å². The highest BCUT2D eigenvalue weighted by molar-refractivity contribution is 5.63. The molecule has 2 N–H and O–H groups in total. The number of anilines is 1. The van der Waals surface area contributed by atoms with Crippen molar-refractivity contribution in [1.29, 1.82) is 0 Å². The van der Waals surface area contributed by atoms with E-state index in [1.165, 1.54) is 15.6 Å². The van der Waals surface area contributed by atoms with E-state index in [1.807, 2.05) is 18.2 Å². The van der Waals surface area contributed by atoms with E-state index in [4.69, 9.17) is 0 Å². The van der Waals surface area contributed by atoms with Gasteiger partial charge in [-0.1, -0.05) is 67.9 Å². The van der Waals surface area contributed by atoms with Gasteiger partial charge in [-0.05, 0) is 30.0 Å². The van der Waals surface area contributed by atoms with Crippen LogP contribution in [0.15, 0.2) is 65.5 Å². The molecule has 0 saturated carbocycles. The number of hydrogen-bond acceptors (Lipinski definition) is 4. The van der Waals surface area contributed by atoms with Crippen molar-refractivity contribution in [2.45, 2.75) is 32.7 Å². The SMILES string of the molecule is CCCc1cc(=O)n2[nH]c(NC(C)c3ccc(-c4ccccc4)cc3)nc2n1. The maximum absolute atomic E-state index is 12.2. The summed E-state index contributed by atoms with van der Waals surface area (Å²) in [6, 6.07) is 20.3. The molecular weight excluding hydrogens is 350 g/mol. The molecule has 6 nitrogen and oxygen atoms in total. The summed E-state index contributed by atoms with van der Waals surface area (Å²) in [5.74, 6) is 0.919. The maximum Gasteiger partial charge on any atom is 0.274 e. The Morgan fingerprint density at radius 1 is 1.04 bits per heavy atom. The first kappa shape index (κ1) is 18.0. The number of hydrogen-bond donors (Lipinski definition) is 2. The van der Waals surface area contributed by atoms with Crippen LogP contribution in [0.4, 0.5) is 5.95 Å². The Morgan fingerprint density at radius 2 is 1.75 bits per heavy atom. The van der Waals surface area contributed by atoms with E-state index in [-0.39, 0.29) is 11.6 Å².